The minimum atomic E-state index is -0.283. The number of rotatable bonds is 5. The van der Waals surface area contributed by atoms with Crippen LogP contribution in [0, 0.1) is 12.7 Å². The number of aryl methyl sites for hydroxylation is 1. The van der Waals surface area contributed by atoms with Gasteiger partial charge in [0.2, 0.25) is 6.41 Å². The lowest BCUT2D eigenvalue weighted by atomic mass is 10.2. The predicted molar refractivity (Wildman–Crippen MR) is 75.4 cm³/mol. The van der Waals surface area contributed by atoms with Gasteiger partial charge in [0, 0.05) is 4.90 Å². The third kappa shape index (κ3) is 3.83. The first kappa shape index (κ1) is 13.6. The molecule has 0 radical (unpaired) electrons. The van der Waals surface area contributed by atoms with Crippen molar-refractivity contribution in [3.05, 3.63) is 65.5 Å². The van der Waals surface area contributed by atoms with Crippen LogP contribution in [0.4, 0.5) is 4.39 Å². The summed E-state index contributed by atoms with van der Waals surface area (Å²) in [4.78, 5) is 11.8. The maximum atomic E-state index is 12.9. The van der Waals surface area contributed by atoms with Crippen molar-refractivity contribution in [2.24, 2.45) is 0 Å². The molecule has 0 heterocycles. The number of thioether (sulfide) groups is 1. The lowest BCUT2D eigenvalue weighted by Crippen LogP contribution is -2.16. The number of halogens is 1. The van der Waals surface area contributed by atoms with Crippen molar-refractivity contribution in [1.29, 1.82) is 0 Å². The average molecular weight is 275 g/mol. The maximum Gasteiger partial charge on any atom is 0.208 e. The van der Waals surface area contributed by atoms with E-state index < -0.39 is 0 Å². The van der Waals surface area contributed by atoms with Gasteiger partial charge >= 0.3 is 0 Å². The Morgan fingerprint density at radius 1 is 1.11 bits per heavy atom. The number of amides is 1. The third-order valence-corrected chi connectivity index (χ3v) is 3.86. The first-order valence-corrected chi connectivity index (χ1v) is 6.75. The fraction of sp³-hybridized carbons (Fsp3) is 0.133. The molecule has 2 aromatic rings. The summed E-state index contributed by atoms with van der Waals surface area (Å²) >= 11 is 1.52. The van der Waals surface area contributed by atoms with Crippen LogP contribution in [0.2, 0.25) is 0 Å². The zero-order valence-electron chi connectivity index (χ0n) is 10.5. The highest BCUT2D eigenvalue weighted by atomic mass is 32.2. The fourth-order valence-corrected chi connectivity index (χ4v) is 2.63. The number of carbonyl (C=O) groups excluding carboxylic acids is 1. The lowest BCUT2D eigenvalue weighted by molar-refractivity contribution is -0.109. The van der Waals surface area contributed by atoms with Crippen molar-refractivity contribution in [2.75, 3.05) is 0 Å². The number of hydrogen-bond donors (Lipinski definition) is 1. The summed E-state index contributed by atoms with van der Waals surface area (Å²) in [5.74, 6) is -0.283. The topological polar surface area (TPSA) is 29.1 Å². The van der Waals surface area contributed by atoms with Gasteiger partial charge in [-0.05, 0) is 36.8 Å². The summed E-state index contributed by atoms with van der Waals surface area (Å²) in [6.45, 7) is 2.02. The molecule has 98 valence electrons. The van der Waals surface area contributed by atoms with Gasteiger partial charge in [0.1, 0.15) is 11.2 Å². The van der Waals surface area contributed by atoms with E-state index in [-0.39, 0.29) is 11.2 Å². The molecule has 0 aliphatic rings. The molecule has 0 aromatic heterocycles. The summed E-state index contributed by atoms with van der Waals surface area (Å²) in [5, 5.41) is 2.52. The van der Waals surface area contributed by atoms with Crippen LogP contribution < -0.4 is 5.32 Å². The minimum absolute atomic E-state index is 0.221. The molecule has 0 fully saturated rings. The molecule has 0 aliphatic heterocycles. The zero-order valence-corrected chi connectivity index (χ0v) is 11.3. The maximum absolute atomic E-state index is 12.9. The Morgan fingerprint density at radius 2 is 1.74 bits per heavy atom. The van der Waals surface area contributed by atoms with Crippen molar-refractivity contribution in [2.45, 2.75) is 17.2 Å². The largest absolute Gasteiger partial charge is 0.342 e. The van der Waals surface area contributed by atoms with Crippen LogP contribution in [0.1, 0.15) is 16.5 Å². The van der Waals surface area contributed by atoms with E-state index in [4.69, 9.17) is 0 Å². The Bertz CT molecular complexity index is 539. The average Bonchev–Trinajstić information content (AvgIpc) is 2.42. The van der Waals surface area contributed by atoms with Gasteiger partial charge in [-0.25, -0.2) is 4.39 Å². The van der Waals surface area contributed by atoms with E-state index >= 15 is 0 Å². The Balaban J connectivity index is 2.18. The molecule has 1 amide bonds. The molecule has 0 bridgehead atoms. The molecule has 2 nitrogen and oxygen atoms in total. The van der Waals surface area contributed by atoms with Gasteiger partial charge in [0.15, 0.2) is 0 Å². The van der Waals surface area contributed by atoms with Gasteiger partial charge in [0.25, 0.3) is 0 Å². The van der Waals surface area contributed by atoms with Crippen LogP contribution in [0.25, 0.3) is 0 Å². The molecular weight excluding hydrogens is 261 g/mol. The standard InChI is InChI=1S/C15H14FNOS/c1-11-2-8-14(9-3-11)19-15(17-10-18)12-4-6-13(16)7-5-12/h2-10,15H,1H3,(H,17,18). The Morgan fingerprint density at radius 3 is 2.32 bits per heavy atom. The van der Waals surface area contributed by atoms with Crippen molar-refractivity contribution < 1.29 is 9.18 Å². The summed E-state index contributed by atoms with van der Waals surface area (Å²) in [6.07, 6.45) is 0.662. The second-order valence-electron chi connectivity index (χ2n) is 4.15. The number of nitrogens with one attached hydrogen (secondary N) is 1. The number of hydrogen-bond acceptors (Lipinski definition) is 2. The van der Waals surface area contributed by atoms with Crippen molar-refractivity contribution >= 4 is 18.2 Å². The first-order chi connectivity index (χ1) is 9.19. The van der Waals surface area contributed by atoms with Gasteiger partial charge < -0.3 is 5.32 Å². The van der Waals surface area contributed by atoms with Crippen LogP contribution in [0.3, 0.4) is 0 Å². The summed E-state index contributed by atoms with van der Waals surface area (Å²) in [7, 11) is 0. The molecule has 0 saturated carbocycles. The molecule has 2 aromatic carbocycles. The quantitative estimate of drug-likeness (QED) is 0.512. The van der Waals surface area contributed by atoms with E-state index in [0.717, 1.165) is 10.5 Å². The predicted octanol–water partition coefficient (Wildman–Crippen LogP) is 3.67. The monoisotopic (exact) mass is 275 g/mol. The summed E-state index contributed by atoms with van der Waals surface area (Å²) < 4.78 is 12.9. The molecule has 19 heavy (non-hydrogen) atoms. The second kappa shape index (κ2) is 6.38. The van der Waals surface area contributed by atoms with Crippen LogP contribution in [-0.4, -0.2) is 6.41 Å². The summed E-state index contributed by atoms with van der Waals surface area (Å²) in [5.41, 5.74) is 2.05. The van der Waals surface area contributed by atoms with Gasteiger partial charge in [-0.3, -0.25) is 4.79 Å². The van der Waals surface area contributed by atoms with Crippen LogP contribution in [0.5, 0.6) is 0 Å². The SMILES string of the molecule is Cc1ccc(SC(NC=O)c2ccc(F)cc2)cc1. The van der Waals surface area contributed by atoms with Crippen molar-refractivity contribution in [1.82, 2.24) is 5.32 Å². The number of benzene rings is 2. The van der Waals surface area contributed by atoms with E-state index in [2.05, 4.69) is 5.32 Å². The molecule has 0 aliphatic carbocycles. The smallest absolute Gasteiger partial charge is 0.208 e. The molecule has 0 spiro atoms. The number of carbonyl (C=O) groups is 1. The second-order valence-corrected chi connectivity index (χ2v) is 5.33. The molecule has 2 rings (SSSR count). The molecule has 1 unspecified atom stereocenters. The Labute approximate surface area is 116 Å². The van der Waals surface area contributed by atoms with E-state index in [1.54, 1.807) is 12.1 Å². The van der Waals surface area contributed by atoms with E-state index in [1.165, 1.54) is 29.5 Å². The summed E-state index contributed by atoms with van der Waals surface area (Å²) in [6, 6.07) is 14.2. The first-order valence-electron chi connectivity index (χ1n) is 5.87. The van der Waals surface area contributed by atoms with Crippen LogP contribution >= 0.6 is 11.8 Å². The van der Waals surface area contributed by atoms with E-state index in [9.17, 15) is 9.18 Å². The Kier molecular flexibility index (Phi) is 4.58. The molecule has 4 heteroatoms. The molecule has 1 atom stereocenters. The van der Waals surface area contributed by atoms with E-state index in [0.29, 0.717) is 6.41 Å². The minimum Gasteiger partial charge on any atom is -0.342 e. The van der Waals surface area contributed by atoms with Gasteiger partial charge in [-0.1, -0.05) is 41.6 Å². The van der Waals surface area contributed by atoms with Gasteiger partial charge in [-0.15, -0.1) is 0 Å². The van der Waals surface area contributed by atoms with Crippen molar-refractivity contribution in [3.63, 3.8) is 0 Å². The highest BCUT2D eigenvalue weighted by molar-refractivity contribution is 7.99. The fourth-order valence-electron chi connectivity index (χ4n) is 1.65. The van der Waals surface area contributed by atoms with Gasteiger partial charge in [0.05, 0.1) is 0 Å². The van der Waals surface area contributed by atoms with E-state index in [1.807, 2.05) is 31.2 Å². The molecular formula is C15H14FNOS. The normalized spacial score (nSPS) is 11.9. The highest BCUT2D eigenvalue weighted by Crippen LogP contribution is 2.32. The van der Waals surface area contributed by atoms with Crippen LogP contribution in [0.15, 0.2) is 53.4 Å². The molecule has 1 N–H and O–H groups in total. The van der Waals surface area contributed by atoms with Crippen LogP contribution in [-0.2, 0) is 4.79 Å². The third-order valence-electron chi connectivity index (χ3n) is 2.67. The van der Waals surface area contributed by atoms with Crippen molar-refractivity contribution in [3.8, 4) is 0 Å². The Hall–Kier alpha value is -1.81. The highest BCUT2D eigenvalue weighted by Gasteiger charge is 2.12. The van der Waals surface area contributed by atoms with Gasteiger partial charge in [-0.2, -0.15) is 0 Å². The molecule has 0 saturated heterocycles. The zero-order chi connectivity index (χ0) is 13.7. The lowest BCUT2D eigenvalue weighted by Gasteiger charge is -2.16.